The van der Waals surface area contributed by atoms with Gasteiger partial charge in [-0.15, -0.1) is 0 Å². The number of benzene rings is 1. The molecule has 7 heteroatoms. The highest BCUT2D eigenvalue weighted by atomic mass is 16.3. The predicted octanol–water partition coefficient (Wildman–Crippen LogP) is 2.11. The Labute approximate surface area is 131 Å². The molecule has 4 rings (SSSR count). The molecule has 7 nitrogen and oxygen atoms in total. The molecule has 0 radical (unpaired) electrons. The van der Waals surface area contributed by atoms with Gasteiger partial charge < -0.3 is 10.8 Å². The minimum Gasteiger partial charge on any atom is -0.394 e. The van der Waals surface area contributed by atoms with E-state index in [1.807, 2.05) is 37.4 Å². The van der Waals surface area contributed by atoms with Gasteiger partial charge in [-0.3, -0.25) is 9.78 Å². The zero-order chi connectivity index (χ0) is 16.0. The van der Waals surface area contributed by atoms with E-state index in [4.69, 9.17) is 5.73 Å². The van der Waals surface area contributed by atoms with Crippen LogP contribution in [0.3, 0.4) is 0 Å². The Balaban J connectivity index is 1.96. The first-order valence-corrected chi connectivity index (χ1v) is 7.36. The van der Waals surface area contributed by atoms with Crippen LogP contribution in [0.5, 0.6) is 0 Å². The number of pyridine rings is 1. The fourth-order valence-corrected chi connectivity index (χ4v) is 2.71. The number of nitrogens with one attached hydrogen (secondary N) is 1. The van der Waals surface area contributed by atoms with Gasteiger partial charge in [-0.2, -0.15) is 10.2 Å². The van der Waals surface area contributed by atoms with Gasteiger partial charge in [-0.05, 0) is 19.1 Å². The maximum atomic E-state index is 9.32. The van der Waals surface area contributed by atoms with Crippen LogP contribution >= 0.6 is 0 Å². The number of aliphatic hydroxyl groups is 1. The maximum absolute atomic E-state index is 9.32. The largest absolute Gasteiger partial charge is 0.394 e. The van der Waals surface area contributed by atoms with Crippen molar-refractivity contribution in [3.05, 3.63) is 36.7 Å². The molecule has 0 amide bonds. The van der Waals surface area contributed by atoms with E-state index in [1.54, 1.807) is 10.9 Å². The van der Waals surface area contributed by atoms with Gasteiger partial charge in [0, 0.05) is 28.7 Å². The molecule has 4 aromatic rings. The quantitative estimate of drug-likeness (QED) is 0.537. The Morgan fingerprint density at radius 3 is 2.91 bits per heavy atom. The smallest absolute Gasteiger partial charge is 0.152 e. The summed E-state index contributed by atoms with van der Waals surface area (Å²) in [6.07, 6.45) is 3.62. The van der Waals surface area contributed by atoms with Gasteiger partial charge in [0.25, 0.3) is 0 Å². The number of aromatic nitrogens is 5. The third kappa shape index (κ3) is 2.13. The van der Waals surface area contributed by atoms with E-state index in [0.29, 0.717) is 11.3 Å². The second kappa shape index (κ2) is 5.06. The van der Waals surface area contributed by atoms with Crippen LogP contribution in [0.2, 0.25) is 0 Å². The number of aromatic amines is 1. The van der Waals surface area contributed by atoms with Gasteiger partial charge in [-0.1, -0.05) is 12.1 Å². The van der Waals surface area contributed by atoms with Gasteiger partial charge in [0.05, 0.1) is 23.9 Å². The Hall–Kier alpha value is -2.93. The van der Waals surface area contributed by atoms with Crippen molar-refractivity contribution in [3.8, 4) is 11.3 Å². The normalized spacial score (nSPS) is 13.0. The Kier molecular flexibility index (Phi) is 3.02. The fourth-order valence-electron chi connectivity index (χ4n) is 2.71. The zero-order valence-corrected chi connectivity index (χ0v) is 12.6. The Morgan fingerprint density at radius 1 is 1.30 bits per heavy atom. The lowest BCUT2D eigenvalue weighted by atomic mass is 10.1. The van der Waals surface area contributed by atoms with Crippen molar-refractivity contribution < 1.29 is 5.11 Å². The molecular formula is C16H16N6O. The van der Waals surface area contributed by atoms with Crippen molar-refractivity contribution in [2.24, 2.45) is 0 Å². The third-order valence-electron chi connectivity index (χ3n) is 4.03. The van der Waals surface area contributed by atoms with Crippen LogP contribution in [0.1, 0.15) is 13.0 Å². The average Bonchev–Trinajstić information content (AvgIpc) is 3.23. The predicted molar refractivity (Wildman–Crippen MR) is 88.8 cm³/mol. The minimum absolute atomic E-state index is 0.0171. The van der Waals surface area contributed by atoms with Gasteiger partial charge in [0.2, 0.25) is 0 Å². The first-order chi connectivity index (χ1) is 11.2. The number of nitrogen functional groups attached to an aromatic ring is 1. The molecule has 116 valence electrons. The van der Waals surface area contributed by atoms with E-state index in [9.17, 15) is 5.11 Å². The van der Waals surface area contributed by atoms with Crippen LogP contribution < -0.4 is 5.73 Å². The minimum atomic E-state index is -0.110. The van der Waals surface area contributed by atoms with Gasteiger partial charge >= 0.3 is 0 Å². The molecule has 23 heavy (non-hydrogen) atoms. The second-order valence-electron chi connectivity index (χ2n) is 5.60. The topological polar surface area (TPSA) is 106 Å². The molecule has 0 aliphatic heterocycles. The summed E-state index contributed by atoms with van der Waals surface area (Å²) in [7, 11) is 0. The lowest BCUT2D eigenvalue weighted by Gasteiger charge is -2.06. The molecule has 0 fully saturated rings. The van der Waals surface area contributed by atoms with Crippen molar-refractivity contribution in [2.45, 2.75) is 13.0 Å². The fraction of sp³-hybridized carbons (Fsp3) is 0.188. The van der Waals surface area contributed by atoms with Crippen LogP contribution in [-0.4, -0.2) is 36.7 Å². The number of nitrogens with zero attached hydrogens (tertiary/aromatic N) is 4. The molecule has 4 N–H and O–H groups in total. The van der Waals surface area contributed by atoms with Crippen LogP contribution in [-0.2, 0) is 0 Å². The van der Waals surface area contributed by atoms with Crippen molar-refractivity contribution in [2.75, 3.05) is 12.3 Å². The van der Waals surface area contributed by atoms with Crippen molar-refractivity contribution >= 4 is 27.6 Å². The molecule has 0 bridgehead atoms. The summed E-state index contributed by atoms with van der Waals surface area (Å²) < 4.78 is 1.73. The number of aliphatic hydroxyl groups excluding tert-OH is 1. The zero-order valence-electron chi connectivity index (χ0n) is 12.6. The van der Waals surface area contributed by atoms with E-state index in [-0.39, 0.29) is 12.6 Å². The molecule has 3 heterocycles. The van der Waals surface area contributed by atoms with Crippen LogP contribution in [0.4, 0.5) is 5.82 Å². The molecule has 0 aliphatic rings. The number of fused-ring (bicyclic) bond motifs is 3. The third-order valence-corrected chi connectivity index (χ3v) is 4.03. The molecular weight excluding hydrogens is 292 g/mol. The number of anilines is 1. The van der Waals surface area contributed by atoms with Crippen LogP contribution in [0.15, 0.2) is 36.7 Å². The lowest BCUT2D eigenvalue weighted by Crippen LogP contribution is -2.09. The highest BCUT2D eigenvalue weighted by Gasteiger charge is 2.14. The van der Waals surface area contributed by atoms with E-state index in [0.717, 1.165) is 27.5 Å². The molecule has 0 spiro atoms. The summed E-state index contributed by atoms with van der Waals surface area (Å²) in [4.78, 5) is 4.48. The monoisotopic (exact) mass is 308 g/mol. The number of H-pyrrole nitrogens is 1. The SMILES string of the molecule is CC(CO)n1cc2c(n1)c(N)nc1cc(-c3ccn[nH]3)ccc12. The van der Waals surface area contributed by atoms with Crippen molar-refractivity contribution in [3.63, 3.8) is 0 Å². The first kappa shape index (κ1) is 13.7. The van der Waals surface area contributed by atoms with E-state index in [2.05, 4.69) is 20.3 Å². The van der Waals surface area contributed by atoms with E-state index in [1.165, 1.54) is 0 Å². The molecule has 0 saturated carbocycles. The summed E-state index contributed by atoms with van der Waals surface area (Å²) in [5.41, 5.74) is 9.47. The summed E-state index contributed by atoms with van der Waals surface area (Å²) in [6, 6.07) is 7.80. The van der Waals surface area contributed by atoms with Gasteiger partial charge in [-0.25, -0.2) is 4.98 Å². The molecule has 1 aromatic carbocycles. The van der Waals surface area contributed by atoms with E-state index >= 15 is 0 Å². The Bertz CT molecular complexity index is 989. The van der Waals surface area contributed by atoms with Gasteiger partial charge in [0.1, 0.15) is 5.52 Å². The highest BCUT2D eigenvalue weighted by molar-refractivity contribution is 6.08. The molecule has 3 aromatic heterocycles. The Morgan fingerprint density at radius 2 is 2.17 bits per heavy atom. The second-order valence-corrected chi connectivity index (χ2v) is 5.60. The molecule has 0 saturated heterocycles. The van der Waals surface area contributed by atoms with E-state index < -0.39 is 0 Å². The molecule has 1 atom stereocenters. The number of hydrogen-bond acceptors (Lipinski definition) is 5. The summed E-state index contributed by atoms with van der Waals surface area (Å²) >= 11 is 0. The lowest BCUT2D eigenvalue weighted by molar-refractivity contribution is 0.230. The van der Waals surface area contributed by atoms with Gasteiger partial charge in [0.15, 0.2) is 5.82 Å². The number of nitrogens with two attached hydrogens (primary N) is 1. The number of hydrogen-bond donors (Lipinski definition) is 3. The summed E-state index contributed by atoms with van der Waals surface area (Å²) in [5, 5.41) is 22.6. The highest BCUT2D eigenvalue weighted by Crippen LogP contribution is 2.30. The maximum Gasteiger partial charge on any atom is 0.152 e. The summed E-state index contributed by atoms with van der Waals surface area (Å²) in [5.74, 6) is 0.387. The molecule has 1 unspecified atom stereocenters. The van der Waals surface area contributed by atoms with Crippen LogP contribution in [0.25, 0.3) is 33.1 Å². The standard InChI is InChI=1S/C16H16N6O/c1-9(8-23)22-7-12-11-3-2-10(13-4-5-18-20-13)6-14(11)19-16(17)15(12)21-22/h2-7,9,23H,8H2,1H3,(H2,17,19)(H,18,20). The summed E-state index contributed by atoms with van der Waals surface area (Å²) in [6.45, 7) is 1.91. The van der Waals surface area contributed by atoms with Crippen LogP contribution in [0, 0.1) is 0 Å². The molecule has 0 aliphatic carbocycles. The van der Waals surface area contributed by atoms with Crippen molar-refractivity contribution in [1.29, 1.82) is 0 Å². The number of rotatable bonds is 3. The first-order valence-electron chi connectivity index (χ1n) is 7.36. The van der Waals surface area contributed by atoms with Crippen molar-refractivity contribution in [1.82, 2.24) is 25.0 Å². The average molecular weight is 308 g/mol.